The van der Waals surface area contributed by atoms with E-state index in [2.05, 4.69) is 15.4 Å². The van der Waals surface area contributed by atoms with E-state index in [1.54, 1.807) is 6.21 Å². The van der Waals surface area contributed by atoms with Crippen LogP contribution in [0.1, 0.15) is 15.9 Å². The predicted molar refractivity (Wildman–Crippen MR) is 104 cm³/mol. The van der Waals surface area contributed by atoms with E-state index in [1.165, 1.54) is 24.3 Å². The summed E-state index contributed by atoms with van der Waals surface area (Å²) in [5, 5.41) is 13.2. The van der Waals surface area contributed by atoms with Gasteiger partial charge in [-0.25, -0.2) is 5.43 Å². The number of aromatic hydroxyl groups is 1. The van der Waals surface area contributed by atoms with Gasteiger partial charge >= 0.3 is 0 Å². The highest BCUT2D eigenvalue weighted by Crippen LogP contribution is 2.22. The number of benzene rings is 3. The largest absolute Gasteiger partial charge is 0.508 e. The molecule has 0 atom stereocenters. The third-order valence-electron chi connectivity index (χ3n) is 3.93. The van der Waals surface area contributed by atoms with Crippen LogP contribution < -0.4 is 10.3 Å². The zero-order valence-electron chi connectivity index (χ0n) is 14.3. The lowest BCUT2D eigenvalue weighted by Gasteiger charge is -2.19. The van der Waals surface area contributed by atoms with E-state index in [0.717, 1.165) is 16.9 Å². The van der Waals surface area contributed by atoms with Crippen LogP contribution in [0, 0.1) is 0 Å². The highest BCUT2D eigenvalue weighted by atomic mass is 16.3. The van der Waals surface area contributed by atoms with Crippen molar-refractivity contribution in [2.75, 3.05) is 11.9 Å². The van der Waals surface area contributed by atoms with Crippen molar-refractivity contribution >= 4 is 23.5 Å². The molecule has 0 aliphatic rings. The summed E-state index contributed by atoms with van der Waals surface area (Å²) in [6.07, 6.45) is 1.59. The van der Waals surface area contributed by atoms with Gasteiger partial charge < -0.3 is 10.0 Å². The number of rotatable bonds is 5. The number of nitrogens with one attached hydrogen (secondary N) is 1. The maximum absolute atomic E-state index is 11.9. The number of anilines is 2. The lowest BCUT2D eigenvalue weighted by atomic mass is 10.2. The van der Waals surface area contributed by atoms with Crippen LogP contribution >= 0.6 is 0 Å². The molecule has 130 valence electrons. The Morgan fingerprint density at radius 2 is 1.54 bits per heavy atom. The smallest absolute Gasteiger partial charge is 0.271 e. The first-order chi connectivity index (χ1) is 12.6. The van der Waals surface area contributed by atoms with Gasteiger partial charge in [0.05, 0.1) is 6.21 Å². The number of phenols is 1. The van der Waals surface area contributed by atoms with Gasteiger partial charge in [-0.3, -0.25) is 4.79 Å². The van der Waals surface area contributed by atoms with E-state index < -0.39 is 0 Å². The second-order valence-electron chi connectivity index (χ2n) is 5.73. The Hall–Kier alpha value is -3.60. The molecule has 0 spiro atoms. The van der Waals surface area contributed by atoms with Gasteiger partial charge in [0.25, 0.3) is 5.91 Å². The molecule has 1 amide bonds. The Bertz CT molecular complexity index is 889. The molecular formula is C21H19N3O2. The quantitative estimate of drug-likeness (QED) is 0.544. The summed E-state index contributed by atoms with van der Waals surface area (Å²) >= 11 is 0. The molecule has 0 unspecified atom stereocenters. The maximum atomic E-state index is 11.9. The fourth-order valence-corrected chi connectivity index (χ4v) is 2.43. The van der Waals surface area contributed by atoms with Crippen molar-refractivity contribution in [3.05, 3.63) is 90.0 Å². The van der Waals surface area contributed by atoms with Gasteiger partial charge in [-0.05, 0) is 54.1 Å². The molecule has 0 aliphatic carbocycles. The minimum Gasteiger partial charge on any atom is -0.508 e. The van der Waals surface area contributed by atoms with Crippen molar-refractivity contribution in [1.82, 2.24) is 5.43 Å². The number of para-hydroxylation sites is 1. The Morgan fingerprint density at radius 1 is 0.923 bits per heavy atom. The van der Waals surface area contributed by atoms with E-state index in [1.807, 2.05) is 61.6 Å². The summed E-state index contributed by atoms with van der Waals surface area (Å²) in [6.45, 7) is 0. The van der Waals surface area contributed by atoms with Gasteiger partial charge in [0.1, 0.15) is 5.75 Å². The summed E-state index contributed by atoms with van der Waals surface area (Å²) in [4.78, 5) is 14.0. The minimum absolute atomic E-state index is 0.116. The molecule has 3 aromatic rings. The molecule has 0 radical (unpaired) electrons. The monoisotopic (exact) mass is 345 g/mol. The van der Waals surface area contributed by atoms with Crippen molar-refractivity contribution in [3.8, 4) is 5.75 Å². The zero-order valence-corrected chi connectivity index (χ0v) is 14.3. The van der Waals surface area contributed by atoms with Gasteiger partial charge in [-0.15, -0.1) is 0 Å². The molecular weight excluding hydrogens is 326 g/mol. The summed E-state index contributed by atoms with van der Waals surface area (Å²) in [7, 11) is 2.01. The number of nitrogens with zero attached hydrogens (tertiary/aromatic N) is 2. The number of carbonyl (C=O) groups is 1. The van der Waals surface area contributed by atoms with Crippen molar-refractivity contribution in [3.63, 3.8) is 0 Å². The van der Waals surface area contributed by atoms with Crippen LogP contribution in [-0.2, 0) is 0 Å². The number of carbonyl (C=O) groups excluding carboxylic acids is 1. The van der Waals surface area contributed by atoms with Gasteiger partial charge in [-0.2, -0.15) is 5.10 Å². The zero-order chi connectivity index (χ0) is 18.4. The molecule has 0 fully saturated rings. The Kier molecular flexibility index (Phi) is 5.29. The Balaban J connectivity index is 1.61. The van der Waals surface area contributed by atoms with E-state index in [4.69, 9.17) is 0 Å². The molecule has 5 nitrogen and oxygen atoms in total. The number of hydrogen-bond acceptors (Lipinski definition) is 4. The van der Waals surface area contributed by atoms with Gasteiger partial charge in [0.2, 0.25) is 0 Å². The van der Waals surface area contributed by atoms with Crippen LogP contribution in [0.5, 0.6) is 5.75 Å². The van der Waals surface area contributed by atoms with Crippen LogP contribution in [0.2, 0.25) is 0 Å². The summed E-state index contributed by atoms with van der Waals surface area (Å²) in [5.74, 6) is -0.215. The lowest BCUT2D eigenvalue weighted by molar-refractivity contribution is 0.0955. The van der Waals surface area contributed by atoms with E-state index >= 15 is 0 Å². The van der Waals surface area contributed by atoms with E-state index in [-0.39, 0.29) is 11.7 Å². The molecule has 0 aliphatic heterocycles. The fourth-order valence-electron chi connectivity index (χ4n) is 2.43. The first-order valence-electron chi connectivity index (χ1n) is 8.15. The fraction of sp³-hybridized carbons (Fsp3) is 0.0476. The van der Waals surface area contributed by atoms with Crippen molar-refractivity contribution in [2.45, 2.75) is 0 Å². The number of hydrazone groups is 1. The van der Waals surface area contributed by atoms with E-state index in [0.29, 0.717) is 5.56 Å². The van der Waals surface area contributed by atoms with Crippen LogP contribution in [-0.4, -0.2) is 24.3 Å². The second kappa shape index (κ2) is 7.98. The SMILES string of the molecule is CN(c1ccccc1)c1ccc(/C=N/NC(=O)c2ccc(O)cc2)cc1. The average Bonchev–Trinajstić information content (AvgIpc) is 2.69. The third-order valence-corrected chi connectivity index (χ3v) is 3.93. The topological polar surface area (TPSA) is 64.9 Å². The minimum atomic E-state index is -0.332. The molecule has 0 bridgehead atoms. The molecule has 5 heteroatoms. The summed E-state index contributed by atoms with van der Waals surface area (Å²) in [6, 6.07) is 23.9. The second-order valence-corrected chi connectivity index (χ2v) is 5.73. The number of amides is 1. The van der Waals surface area contributed by atoms with Crippen LogP contribution in [0.25, 0.3) is 0 Å². The maximum Gasteiger partial charge on any atom is 0.271 e. The van der Waals surface area contributed by atoms with Crippen molar-refractivity contribution in [2.24, 2.45) is 5.10 Å². The average molecular weight is 345 g/mol. The van der Waals surface area contributed by atoms with Crippen molar-refractivity contribution < 1.29 is 9.90 Å². The van der Waals surface area contributed by atoms with Gasteiger partial charge in [0, 0.05) is 24.0 Å². The van der Waals surface area contributed by atoms with Crippen molar-refractivity contribution in [1.29, 1.82) is 0 Å². The van der Waals surface area contributed by atoms with Gasteiger partial charge in [0.15, 0.2) is 0 Å². The molecule has 0 aromatic heterocycles. The number of phenolic OH excluding ortho intramolecular Hbond substituents is 1. The van der Waals surface area contributed by atoms with Crippen LogP contribution in [0.4, 0.5) is 11.4 Å². The first-order valence-corrected chi connectivity index (χ1v) is 8.15. The van der Waals surface area contributed by atoms with Crippen LogP contribution in [0.3, 0.4) is 0 Å². The molecule has 0 saturated carbocycles. The normalized spacial score (nSPS) is 10.7. The molecule has 3 aromatic carbocycles. The highest BCUT2D eigenvalue weighted by Gasteiger charge is 2.04. The standard InChI is InChI=1S/C21H19N3O2/c1-24(18-5-3-2-4-6-18)19-11-7-16(8-12-19)15-22-23-21(26)17-9-13-20(25)14-10-17/h2-15,25H,1H3,(H,23,26)/b22-15+. The Labute approximate surface area is 152 Å². The molecule has 26 heavy (non-hydrogen) atoms. The Morgan fingerprint density at radius 3 is 2.19 bits per heavy atom. The molecule has 3 rings (SSSR count). The van der Waals surface area contributed by atoms with E-state index in [9.17, 15) is 9.90 Å². The van der Waals surface area contributed by atoms with Gasteiger partial charge in [-0.1, -0.05) is 30.3 Å². The lowest BCUT2D eigenvalue weighted by Crippen LogP contribution is -2.17. The highest BCUT2D eigenvalue weighted by molar-refractivity contribution is 5.95. The summed E-state index contributed by atoms with van der Waals surface area (Å²) < 4.78 is 0. The summed E-state index contributed by atoms with van der Waals surface area (Å²) in [5.41, 5.74) is 5.94. The van der Waals surface area contributed by atoms with Crippen LogP contribution in [0.15, 0.2) is 84.0 Å². The number of hydrogen-bond donors (Lipinski definition) is 2. The predicted octanol–water partition coefficient (Wildman–Crippen LogP) is 3.92. The molecule has 0 heterocycles. The first kappa shape index (κ1) is 17.2. The third kappa shape index (κ3) is 4.27. The molecule has 0 saturated heterocycles. The molecule has 2 N–H and O–H groups in total.